The Hall–Kier alpha value is -1.78. The third-order valence-corrected chi connectivity index (χ3v) is 2.43. The van der Waals surface area contributed by atoms with Crippen molar-refractivity contribution in [1.82, 2.24) is 0 Å². The van der Waals surface area contributed by atoms with Crippen molar-refractivity contribution in [3.8, 4) is 0 Å². The molecular formula is C14H12ClF2NO. The summed E-state index contributed by atoms with van der Waals surface area (Å²) in [6.45, 7) is 0.640. The second-order valence-electron chi connectivity index (χ2n) is 3.56. The molecule has 19 heavy (non-hydrogen) atoms. The van der Waals surface area contributed by atoms with E-state index in [-0.39, 0.29) is 0 Å². The molecule has 0 aliphatic heterocycles. The maximum Gasteiger partial charge on any atom is 0.258 e. The summed E-state index contributed by atoms with van der Waals surface area (Å²) in [6.07, 6.45) is 0. The van der Waals surface area contributed by atoms with Gasteiger partial charge >= 0.3 is 0 Å². The highest BCUT2D eigenvalue weighted by atomic mass is 35.5. The fourth-order valence-electron chi connectivity index (χ4n) is 1.30. The number of benzene rings is 2. The summed E-state index contributed by atoms with van der Waals surface area (Å²) in [5, 5.41) is -1.12. The van der Waals surface area contributed by atoms with Crippen LogP contribution in [0.1, 0.15) is 15.9 Å². The van der Waals surface area contributed by atoms with Gasteiger partial charge in [0.1, 0.15) is 17.2 Å². The molecule has 0 spiro atoms. The second kappa shape index (κ2) is 7.61. The van der Waals surface area contributed by atoms with E-state index in [1.165, 1.54) is 5.56 Å². The average molecular weight is 284 g/mol. The van der Waals surface area contributed by atoms with Gasteiger partial charge in [-0.25, -0.2) is 8.78 Å². The van der Waals surface area contributed by atoms with Crippen LogP contribution in [-0.2, 0) is 6.54 Å². The number of nitrogens with two attached hydrogens (primary N) is 1. The van der Waals surface area contributed by atoms with Gasteiger partial charge in [0.2, 0.25) is 0 Å². The van der Waals surface area contributed by atoms with Crippen molar-refractivity contribution in [3.05, 3.63) is 71.3 Å². The van der Waals surface area contributed by atoms with E-state index in [0.29, 0.717) is 6.54 Å². The molecule has 0 saturated heterocycles. The van der Waals surface area contributed by atoms with Gasteiger partial charge in [-0.2, -0.15) is 0 Å². The molecule has 0 unspecified atom stereocenters. The highest BCUT2D eigenvalue weighted by Crippen LogP contribution is 2.13. The van der Waals surface area contributed by atoms with Crippen LogP contribution in [0.25, 0.3) is 0 Å². The number of carbonyl (C=O) groups is 1. The lowest BCUT2D eigenvalue weighted by atomic mass is 10.2. The highest BCUT2D eigenvalue weighted by molar-refractivity contribution is 6.67. The molecule has 100 valence electrons. The normalized spacial score (nSPS) is 9.47. The van der Waals surface area contributed by atoms with E-state index in [4.69, 9.17) is 17.3 Å². The minimum Gasteiger partial charge on any atom is -0.326 e. The molecule has 0 atom stereocenters. The van der Waals surface area contributed by atoms with Crippen LogP contribution in [0.2, 0.25) is 0 Å². The van der Waals surface area contributed by atoms with E-state index in [0.717, 1.165) is 18.2 Å². The van der Waals surface area contributed by atoms with Crippen LogP contribution >= 0.6 is 11.6 Å². The first-order valence-electron chi connectivity index (χ1n) is 5.44. The monoisotopic (exact) mass is 283 g/mol. The molecule has 0 aliphatic rings. The van der Waals surface area contributed by atoms with E-state index in [9.17, 15) is 13.6 Å². The zero-order valence-corrected chi connectivity index (χ0v) is 10.7. The van der Waals surface area contributed by atoms with Crippen LogP contribution in [0.4, 0.5) is 8.78 Å². The van der Waals surface area contributed by atoms with Crippen molar-refractivity contribution in [2.24, 2.45) is 5.73 Å². The predicted octanol–water partition coefficient (Wildman–Crippen LogP) is 3.49. The fourth-order valence-corrected chi connectivity index (χ4v) is 1.48. The topological polar surface area (TPSA) is 43.1 Å². The quantitative estimate of drug-likeness (QED) is 0.857. The molecular weight excluding hydrogens is 272 g/mol. The molecule has 2 nitrogen and oxygen atoms in total. The van der Waals surface area contributed by atoms with Crippen molar-refractivity contribution < 1.29 is 13.6 Å². The summed E-state index contributed by atoms with van der Waals surface area (Å²) in [7, 11) is 0. The van der Waals surface area contributed by atoms with Gasteiger partial charge in [-0.1, -0.05) is 36.4 Å². The Balaban J connectivity index is 0.000000200. The molecule has 0 bridgehead atoms. The first kappa shape index (κ1) is 15.3. The Kier molecular flexibility index (Phi) is 6.12. The minimum atomic E-state index is -1.12. The molecule has 0 aromatic heterocycles. The third-order valence-electron chi connectivity index (χ3n) is 2.24. The van der Waals surface area contributed by atoms with Crippen LogP contribution in [0.5, 0.6) is 0 Å². The maximum atomic E-state index is 12.6. The lowest BCUT2D eigenvalue weighted by Crippen LogP contribution is -1.98. The van der Waals surface area contributed by atoms with Gasteiger partial charge in [0, 0.05) is 6.54 Å². The summed E-state index contributed by atoms with van der Waals surface area (Å²) in [5.74, 6) is -1.88. The van der Waals surface area contributed by atoms with Gasteiger partial charge in [-0.05, 0) is 29.3 Å². The van der Waals surface area contributed by atoms with E-state index >= 15 is 0 Å². The zero-order chi connectivity index (χ0) is 14.3. The average Bonchev–Trinajstić information content (AvgIpc) is 2.40. The Morgan fingerprint density at radius 1 is 1.00 bits per heavy atom. The molecule has 2 aromatic carbocycles. The second-order valence-corrected chi connectivity index (χ2v) is 3.90. The van der Waals surface area contributed by atoms with Crippen molar-refractivity contribution in [3.63, 3.8) is 0 Å². The maximum absolute atomic E-state index is 12.6. The standard InChI is InChI=1S/C7H3ClF2O.C7H9N/c8-7(11)6-4(9)2-1-3-5(6)10;8-6-7-4-2-1-3-5-7/h1-3H;1-5H,6,8H2. The van der Waals surface area contributed by atoms with Crippen LogP contribution < -0.4 is 5.73 Å². The van der Waals surface area contributed by atoms with Crippen molar-refractivity contribution in [1.29, 1.82) is 0 Å². The van der Waals surface area contributed by atoms with E-state index < -0.39 is 22.4 Å². The molecule has 2 rings (SSSR count). The smallest absolute Gasteiger partial charge is 0.258 e. The molecule has 5 heteroatoms. The van der Waals surface area contributed by atoms with E-state index in [2.05, 4.69) is 0 Å². The van der Waals surface area contributed by atoms with Crippen LogP contribution in [0.3, 0.4) is 0 Å². The first-order chi connectivity index (χ1) is 9.06. The summed E-state index contributed by atoms with van der Waals surface area (Å²) in [6, 6.07) is 13.1. The molecule has 2 N–H and O–H groups in total. The number of carbonyl (C=O) groups excluding carboxylic acids is 1. The minimum absolute atomic E-state index is 0.640. The number of hydrogen-bond acceptors (Lipinski definition) is 2. The van der Waals surface area contributed by atoms with E-state index in [1.54, 1.807) is 0 Å². The van der Waals surface area contributed by atoms with Gasteiger partial charge in [0.25, 0.3) is 5.24 Å². The Morgan fingerprint density at radius 3 is 1.84 bits per heavy atom. The van der Waals surface area contributed by atoms with Gasteiger partial charge in [0.15, 0.2) is 0 Å². The summed E-state index contributed by atoms with van der Waals surface area (Å²) >= 11 is 4.89. The van der Waals surface area contributed by atoms with Crippen LogP contribution in [-0.4, -0.2) is 5.24 Å². The van der Waals surface area contributed by atoms with Gasteiger partial charge in [-0.3, -0.25) is 4.79 Å². The zero-order valence-electron chi connectivity index (χ0n) is 9.95. The number of rotatable bonds is 2. The molecule has 2 aromatic rings. The van der Waals surface area contributed by atoms with Crippen molar-refractivity contribution in [2.75, 3.05) is 0 Å². The van der Waals surface area contributed by atoms with Crippen molar-refractivity contribution >= 4 is 16.8 Å². The lowest BCUT2D eigenvalue weighted by Gasteiger charge is -1.96. The molecule has 0 amide bonds. The molecule has 0 fully saturated rings. The number of halogens is 3. The lowest BCUT2D eigenvalue weighted by molar-refractivity contribution is 0.107. The predicted molar refractivity (Wildman–Crippen MR) is 70.9 cm³/mol. The fraction of sp³-hybridized carbons (Fsp3) is 0.0714. The Bertz CT molecular complexity index is 526. The summed E-state index contributed by atoms with van der Waals surface area (Å²) < 4.78 is 25.1. The molecule has 0 saturated carbocycles. The van der Waals surface area contributed by atoms with E-state index in [1.807, 2.05) is 30.3 Å². The van der Waals surface area contributed by atoms with Gasteiger partial charge < -0.3 is 5.73 Å². The first-order valence-corrected chi connectivity index (χ1v) is 5.82. The van der Waals surface area contributed by atoms with Crippen molar-refractivity contribution in [2.45, 2.75) is 6.54 Å². The van der Waals surface area contributed by atoms with Crippen LogP contribution in [0, 0.1) is 11.6 Å². The summed E-state index contributed by atoms with van der Waals surface area (Å²) in [4.78, 5) is 10.4. The highest BCUT2D eigenvalue weighted by Gasteiger charge is 2.13. The molecule has 0 radical (unpaired) electrons. The Morgan fingerprint density at radius 2 is 1.53 bits per heavy atom. The largest absolute Gasteiger partial charge is 0.326 e. The number of hydrogen-bond donors (Lipinski definition) is 1. The molecule has 0 heterocycles. The third kappa shape index (κ3) is 4.77. The molecule has 0 aliphatic carbocycles. The van der Waals surface area contributed by atoms with Crippen LogP contribution in [0.15, 0.2) is 48.5 Å². The summed E-state index contributed by atoms with van der Waals surface area (Å²) in [5.41, 5.74) is 5.84. The van der Waals surface area contributed by atoms with Gasteiger partial charge in [0.05, 0.1) is 0 Å². The Labute approximate surface area is 114 Å². The van der Waals surface area contributed by atoms with Gasteiger partial charge in [-0.15, -0.1) is 0 Å². The SMILES string of the molecule is NCc1ccccc1.O=C(Cl)c1c(F)cccc1F.